The van der Waals surface area contributed by atoms with Crippen LogP contribution in [0.5, 0.6) is 11.5 Å². The van der Waals surface area contributed by atoms with Crippen LogP contribution in [-0.2, 0) is 11.3 Å². The van der Waals surface area contributed by atoms with Gasteiger partial charge in [0.1, 0.15) is 11.3 Å². The lowest BCUT2D eigenvalue weighted by Crippen LogP contribution is -2.21. The molecule has 0 amide bonds. The fraction of sp³-hybridized carbons (Fsp3) is 0.150. The fourth-order valence-electron chi connectivity index (χ4n) is 2.44. The summed E-state index contributed by atoms with van der Waals surface area (Å²) in [7, 11) is 0. The van der Waals surface area contributed by atoms with Gasteiger partial charge in [-0.05, 0) is 30.7 Å². The molecule has 2 heterocycles. The van der Waals surface area contributed by atoms with E-state index in [1.165, 1.54) is 6.20 Å². The summed E-state index contributed by atoms with van der Waals surface area (Å²) in [5, 5.41) is 0. The zero-order valence-corrected chi connectivity index (χ0v) is 14.3. The average molecular weight is 350 g/mol. The SMILES string of the molecule is CCOC(=O)c1cn(Cc2cccnc2)cc(Oc2ccccc2)c1=O. The highest BCUT2D eigenvalue weighted by Gasteiger charge is 2.17. The number of pyridine rings is 2. The molecular formula is C20H18N2O4. The van der Waals surface area contributed by atoms with E-state index in [1.807, 2.05) is 18.2 Å². The molecule has 0 aliphatic carbocycles. The number of benzene rings is 1. The molecule has 6 nitrogen and oxygen atoms in total. The zero-order valence-electron chi connectivity index (χ0n) is 14.3. The maximum Gasteiger partial charge on any atom is 0.343 e. The van der Waals surface area contributed by atoms with Gasteiger partial charge in [0, 0.05) is 25.1 Å². The Hall–Kier alpha value is -3.41. The minimum atomic E-state index is -0.670. The lowest BCUT2D eigenvalue weighted by Gasteiger charge is -2.12. The van der Waals surface area contributed by atoms with Crippen LogP contribution in [0.2, 0.25) is 0 Å². The van der Waals surface area contributed by atoms with Gasteiger partial charge in [-0.15, -0.1) is 0 Å². The summed E-state index contributed by atoms with van der Waals surface area (Å²) >= 11 is 0. The maximum absolute atomic E-state index is 12.6. The van der Waals surface area contributed by atoms with Crippen molar-refractivity contribution < 1.29 is 14.3 Å². The quantitative estimate of drug-likeness (QED) is 0.638. The Bertz CT molecular complexity index is 937. The van der Waals surface area contributed by atoms with Crippen LogP contribution in [0, 0.1) is 0 Å². The van der Waals surface area contributed by atoms with Crippen molar-refractivity contribution in [2.24, 2.45) is 0 Å². The zero-order chi connectivity index (χ0) is 18.4. The van der Waals surface area contributed by atoms with Crippen molar-refractivity contribution in [2.45, 2.75) is 13.5 Å². The minimum Gasteiger partial charge on any atom is -0.462 e. The van der Waals surface area contributed by atoms with Gasteiger partial charge in [0.2, 0.25) is 5.43 Å². The molecular weight excluding hydrogens is 332 g/mol. The molecule has 0 saturated heterocycles. The third-order valence-corrected chi connectivity index (χ3v) is 3.60. The second-order valence-electron chi connectivity index (χ2n) is 5.53. The normalized spacial score (nSPS) is 10.3. The summed E-state index contributed by atoms with van der Waals surface area (Å²) in [4.78, 5) is 28.9. The van der Waals surface area contributed by atoms with Crippen LogP contribution in [0.25, 0.3) is 0 Å². The monoisotopic (exact) mass is 350 g/mol. The van der Waals surface area contributed by atoms with E-state index in [2.05, 4.69) is 4.98 Å². The molecule has 0 radical (unpaired) electrons. The van der Waals surface area contributed by atoms with Crippen LogP contribution in [0.3, 0.4) is 0 Å². The van der Waals surface area contributed by atoms with E-state index >= 15 is 0 Å². The van der Waals surface area contributed by atoms with Gasteiger partial charge in [0.05, 0.1) is 12.8 Å². The summed E-state index contributed by atoms with van der Waals surface area (Å²) in [5.74, 6) is -0.0971. The van der Waals surface area contributed by atoms with Crippen molar-refractivity contribution in [3.63, 3.8) is 0 Å². The average Bonchev–Trinajstić information content (AvgIpc) is 2.66. The van der Waals surface area contributed by atoms with Crippen LogP contribution >= 0.6 is 0 Å². The van der Waals surface area contributed by atoms with E-state index < -0.39 is 11.4 Å². The Kier molecular flexibility index (Phi) is 5.43. The summed E-state index contributed by atoms with van der Waals surface area (Å²) < 4.78 is 12.4. The van der Waals surface area contributed by atoms with Crippen molar-refractivity contribution in [1.29, 1.82) is 0 Å². The number of rotatable bonds is 6. The number of para-hydroxylation sites is 1. The molecule has 3 aromatic rings. The van der Waals surface area contributed by atoms with Gasteiger partial charge in [-0.1, -0.05) is 24.3 Å². The van der Waals surface area contributed by atoms with Crippen LogP contribution in [-0.4, -0.2) is 22.1 Å². The van der Waals surface area contributed by atoms with Crippen LogP contribution in [0.4, 0.5) is 0 Å². The Balaban J connectivity index is 2.01. The van der Waals surface area contributed by atoms with Gasteiger partial charge in [0.15, 0.2) is 5.75 Å². The summed E-state index contributed by atoms with van der Waals surface area (Å²) in [6.07, 6.45) is 6.46. The first-order valence-corrected chi connectivity index (χ1v) is 8.20. The van der Waals surface area contributed by atoms with E-state index in [9.17, 15) is 9.59 Å². The summed E-state index contributed by atoms with van der Waals surface area (Å²) in [6, 6.07) is 12.7. The first-order valence-electron chi connectivity index (χ1n) is 8.20. The van der Waals surface area contributed by atoms with Gasteiger partial charge in [0.25, 0.3) is 0 Å². The molecule has 0 N–H and O–H groups in total. The van der Waals surface area contributed by atoms with E-state index in [4.69, 9.17) is 9.47 Å². The molecule has 6 heteroatoms. The van der Waals surface area contributed by atoms with E-state index in [-0.39, 0.29) is 17.9 Å². The Morgan fingerprint density at radius 2 is 1.92 bits per heavy atom. The van der Waals surface area contributed by atoms with Crippen LogP contribution < -0.4 is 10.2 Å². The van der Waals surface area contributed by atoms with Crippen molar-refractivity contribution >= 4 is 5.97 Å². The molecule has 2 aromatic heterocycles. The molecule has 0 bridgehead atoms. The Morgan fingerprint density at radius 1 is 1.12 bits per heavy atom. The molecule has 0 saturated carbocycles. The highest BCUT2D eigenvalue weighted by atomic mass is 16.5. The molecule has 0 unspecified atom stereocenters. The third-order valence-electron chi connectivity index (χ3n) is 3.60. The molecule has 26 heavy (non-hydrogen) atoms. The standard InChI is InChI=1S/C20H18N2O4/c1-2-25-20(24)17-13-22(12-15-7-6-10-21-11-15)14-18(19(17)23)26-16-8-4-3-5-9-16/h3-11,13-14H,2,12H2,1H3. The number of carbonyl (C=O) groups excluding carboxylic acids is 1. The molecule has 1 aromatic carbocycles. The second-order valence-corrected chi connectivity index (χ2v) is 5.53. The smallest absolute Gasteiger partial charge is 0.343 e. The van der Waals surface area contributed by atoms with Crippen LogP contribution in [0.15, 0.2) is 72.0 Å². The largest absolute Gasteiger partial charge is 0.462 e. The highest BCUT2D eigenvalue weighted by molar-refractivity contribution is 5.89. The molecule has 0 atom stereocenters. The first-order chi connectivity index (χ1) is 12.7. The van der Waals surface area contributed by atoms with E-state index in [1.54, 1.807) is 54.3 Å². The number of aromatic nitrogens is 2. The van der Waals surface area contributed by atoms with Gasteiger partial charge in [-0.3, -0.25) is 9.78 Å². The number of carbonyl (C=O) groups is 1. The molecule has 132 valence electrons. The maximum atomic E-state index is 12.6. The number of esters is 1. The van der Waals surface area contributed by atoms with E-state index in [0.717, 1.165) is 5.56 Å². The van der Waals surface area contributed by atoms with Gasteiger partial charge < -0.3 is 14.0 Å². The van der Waals surface area contributed by atoms with E-state index in [0.29, 0.717) is 12.3 Å². The van der Waals surface area contributed by atoms with Gasteiger partial charge in [-0.2, -0.15) is 0 Å². The lowest BCUT2D eigenvalue weighted by molar-refractivity contribution is 0.0523. The first kappa shape index (κ1) is 17.4. The lowest BCUT2D eigenvalue weighted by atomic mass is 10.2. The van der Waals surface area contributed by atoms with Crippen molar-refractivity contribution in [3.8, 4) is 11.5 Å². The fourth-order valence-corrected chi connectivity index (χ4v) is 2.44. The molecule has 0 aliphatic rings. The Morgan fingerprint density at radius 3 is 2.62 bits per heavy atom. The number of ether oxygens (including phenoxy) is 2. The summed E-state index contributed by atoms with van der Waals surface area (Å²) in [6.45, 7) is 2.31. The predicted molar refractivity (Wildman–Crippen MR) is 96.5 cm³/mol. The van der Waals surface area contributed by atoms with Crippen molar-refractivity contribution in [2.75, 3.05) is 6.61 Å². The molecule has 0 fully saturated rings. The highest BCUT2D eigenvalue weighted by Crippen LogP contribution is 2.18. The number of nitrogens with zero attached hydrogens (tertiary/aromatic N) is 2. The van der Waals surface area contributed by atoms with Gasteiger partial charge >= 0.3 is 5.97 Å². The predicted octanol–water partition coefficient (Wildman–Crippen LogP) is 3.26. The number of hydrogen-bond acceptors (Lipinski definition) is 5. The van der Waals surface area contributed by atoms with Crippen LogP contribution in [0.1, 0.15) is 22.8 Å². The summed E-state index contributed by atoms with van der Waals surface area (Å²) in [5.41, 5.74) is 0.357. The molecule has 0 aliphatic heterocycles. The minimum absolute atomic E-state index is 0.0608. The van der Waals surface area contributed by atoms with Crippen molar-refractivity contribution in [1.82, 2.24) is 9.55 Å². The second kappa shape index (κ2) is 8.11. The molecule has 0 spiro atoms. The molecule has 3 rings (SSSR count). The van der Waals surface area contributed by atoms with Crippen molar-refractivity contribution in [3.05, 3.63) is 88.6 Å². The topological polar surface area (TPSA) is 70.4 Å². The third kappa shape index (κ3) is 4.16. The van der Waals surface area contributed by atoms with Gasteiger partial charge in [-0.25, -0.2) is 4.79 Å². The number of hydrogen-bond donors (Lipinski definition) is 0. The Labute approximate surface area is 150 Å².